The highest BCUT2D eigenvalue weighted by atomic mass is 16.6. The average Bonchev–Trinajstić information content (AvgIpc) is 3.29. The van der Waals surface area contributed by atoms with Gasteiger partial charge in [0.05, 0.1) is 12.1 Å². The van der Waals surface area contributed by atoms with E-state index in [0.717, 1.165) is 43.4 Å². The molecule has 0 saturated heterocycles. The number of nitrogens with one attached hydrogen (secondary N) is 1. The molecule has 0 radical (unpaired) electrons. The molecule has 4 aliphatic carbocycles. The molecule has 0 bridgehead atoms. The lowest BCUT2D eigenvalue weighted by Crippen LogP contribution is -2.51. The number of amides is 1. The Morgan fingerprint density at radius 1 is 1.05 bits per heavy atom. The van der Waals surface area contributed by atoms with Gasteiger partial charge in [0, 0.05) is 18.4 Å². The van der Waals surface area contributed by atoms with E-state index in [9.17, 15) is 19.5 Å². The van der Waals surface area contributed by atoms with E-state index in [4.69, 9.17) is 4.84 Å². The Hall–Kier alpha value is -2.96. The number of benzene rings is 1. The van der Waals surface area contributed by atoms with Crippen molar-refractivity contribution >= 4 is 23.4 Å². The molecule has 7 nitrogen and oxygen atoms in total. The number of rotatable bonds is 9. The summed E-state index contributed by atoms with van der Waals surface area (Å²) in [5, 5.41) is 16.4. The van der Waals surface area contributed by atoms with E-state index in [1.54, 1.807) is 6.92 Å². The summed E-state index contributed by atoms with van der Waals surface area (Å²) >= 11 is 0. The van der Waals surface area contributed by atoms with Gasteiger partial charge in [0.25, 0.3) is 5.91 Å². The zero-order valence-corrected chi connectivity index (χ0v) is 24.2. The maximum Gasteiger partial charge on any atom is 0.304 e. The predicted octanol–water partition coefficient (Wildman–Crippen LogP) is 5.90. The van der Waals surface area contributed by atoms with Crippen LogP contribution in [0.5, 0.6) is 0 Å². The largest absolute Gasteiger partial charge is 0.481 e. The molecule has 0 unspecified atom stereocenters. The fourth-order valence-corrected chi connectivity index (χ4v) is 9.02. The average molecular weight is 549 g/mol. The molecule has 0 aromatic heterocycles. The fraction of sp³-hybridized carbons (Fsp3) is 0.636. The molecular formula is C33H44N2O5. The van der Waals surface area contributed by atoms with Crippen molar-refractivity contribution in [1.82, 2.24) is 5.32 Å². The van der Waals surface area contributed by atoms with E-state index < -0.39 is 5.97 Å². The molecule has 7 atom stereocenters. The second-order valence-corrected chi connectivity index (χ2v) is 13.2. The number of oxime groups is 1. The fourth-order valence-electron chi connectivity index (χ4n) is 9.02. The van der Waals surface area contributed by atoms with Crippen molar-refractivity contribution in [2.75, 3.05) is 13.2 Å². The minimum Gasteiger partial charge on any atom is -0.481 e. The highest BCUT2D eigenvalue weighted by Crippen LogP contribution is 2.66. The molecule has 0 heterocycles. The molecule has 0 aliphatic heterocycles. The summed E-state index contributed by atoms with van der Waals surface area (Å²) in [7, 11) is 0. The summed E-state index contributed by atoms with van der Waals surface area (Å²) in [6.45, 7) is 6.67. The maximum atomic E-state index is 12.4. The van der Waals surface area contributed by atoms with Crippen molar-refractivity contribution in [2.45, 2.75) is 84.5 Å². The number of nitrogens with zero attached hydrogens (tertiary/aromatic N) is 1. The van der Waals surface area contributed by atoms with Gasteiger partial charge in [-0.1, -0.05) is 54.9 Å². The zero-order chi connectivity index (χ0) is 28.5. The quantitative estimate of drug-likeness (QED) is 0.374. The van der Waals surface area contributed by atoms with Gasteiger partial charge < -0.3 is 15.3 Å². The van der Waals surface area contributed by atoms with Crippen molar-refractivity contribution in [3.8, 4) is 0 Å². The molecular weight excluding hydrogens is 504 g/mol. The van der Waals surface area contributed by atoms with Crippen molar-refractivity contribution in [2.24, 2.45) is 39.7 Å². The van der Waals surface area contributed by atoms with E-state index in [1.807, 2.05) is 30.3 Å². The Morgan fingerprint density at radius 3 is 2.55 bits per heavy atom. The number of aliphatic carboxylic acids is 1. The Kier molecular flexibility index (Phi) is 8.21. The summed E-state index contributed by atoms with van der Waals surface area (Å²) in [6, 6.07) is 9.37. The van der Waals surface area contributed by atoms with Crippen LogP contribution in [0.4, 0.5) is 0 Å². The molecule has 4 aliphatic rings. The van der Waals surface area contributed by atoms with Crippen molar-refractivity contribution in [1.29, 1.82) is 0 Å². The summed E-state index contributed by atoms with van der Waals surface area (Å²) in [5.41, 5.74) is 3.59. The van der Waals surface area contributed by atoms with Crippen LogP contribution in [0.1, 0.15) is 90.0 Å². The van der Waals surface area contributed by atoms with Crippen LogP contribution in [0.25, 0.3) is 0 Å². The number of Topliss-reactive ketones (excluding diaryl/α,β-unsaturated/α-hetero) is 1. The number of carboxylic acids is 1. The number of carbonyl (C=O) groups is 3. The first-order valence-electron chi connectivity index (χ1n) is 15.1. The molecule has 1 aromatic carbocycles. The Balaban J connectivity index is 1.17. The van der Waals surface area contributed by atoms with Gasteiger partial charge in [0.15, 0.2) is 6.61 Å². The highest BCUT2D eigenvalue weighted by molar-refractivity contribution is 5.96. The van der Waals surface area contributed by atoms with Gasteiger partial charge in [-0.25, -0.2) is 0 Å². The SMILES string of the molecule is CC(=O)[C@@H]1CC[C@@H]2[C@@H]3CCC4=CC(=NOCC(=O)NC[C@H](CC(=O)O)c5ccccc5)CC[C@]4(C)[C@@H]3CC[C@@]21C. The molecule has 1 aromatic rings. The molecule has 3 saturated carbocycles. The molecule has 40 heavy (non-hydrogen) atoms. The van der Waals surface area contributed by atoms with E-state index in [0.29, 0.717) is 23.5 Å². The number of hydrogen-bond acceptors (Lipinski definition) is 5. The third-order valence-corrected chi connectivity index (χ3v) is 11.1. The second kappa shape index (κ2) is 11.5. The summed E-state index contributed by atoms with van der Waals surface area (Å²) in [6.07, 6.45) is 10.9. The number of allylic oxidation sites excluding steroid dienone is 2. The van der Waals surface area contributed by atoms with Crippen LogP contribution in [0.15, 0.2) is 47.1 Å². The van der Waals surface area contributed by atoms with Crippen molar-refractivity contribution in [3.05, 3.63) is 47.5 Å². The minimum absolute atomic E-state index is 0.0566. The normalized spacial score (nSPS) is 34.6. The lowest BCUT2D eigenvalue weighted by atomic mass is 9.46. The van der Waals surface area contributed by atoms with Gasteiger partial charge in [-0.3, -0.25) is 14.4 Å². The molecule has 7 heteroatoms. The van der Waals surface area contributed by atoms with E-state index >= 15 is 0 Å². The smallest absolute Gasteiger partial charge is 0.304 e. The maximum absolute atomic E-state index is 12.4. The number of ketones is 1. The first-order chi connectivity index (χ1) is 19.1. The monoisotopic (exact) mass is 548 g/mol. The van der Waals surface area contributed by atoms with Crippen LogP contribution in [0, 0.1) is 34.5 Å². The van der Waals surface area contributed by atoms with Crippen LogP contribution < -0.4 is 5.32 Å². The lowest BCUT2D eigenvalue weighted by molar-refractivity contribution is -0.137. The van der Waals surface area contributed by atoms with Crippen molar-refractivity contribution in [3.63, 3.8) is 0 Å². The van der Waals surface area contributed by atoms with Crippen LogP contribution >= 0.6 is 0 Å². The Labute approximate surface area is 237 Å². The first-order valence-corrected chi connectivity index (χ1v) is 15.1. The Morgan fingerprint density at radius 2 is 1.82 bits per heavy atom. The van der Waals surface area contributed by atoms with E-state index in [1.165, 1.54) is 24.8 Å². The predicted molar refractivity (Wildman–Crippen MR) is 154 cm³/mol. The van der Waals surface area contributed by atoms with Crippen LogP contribution in [-0.4, -0.2) is 41.6 Å². The molecule has 3 fully saturated rings. The van der Waals surface area contributed by atoms with Crippen LogP contribution in [0.2, 0.25) is 0 Å². The summed E-state index contributed by atoms with van der Waals surface area (Å²) < 4.78 is 0. The van der Waals surface area contributed by atoms with E-state index in [2.05, 4.69) is 30.4 Å². The first kappa shape index (κ1) is 28.6. The molecule has 2 N–H and O–H groups in total. The lowest BCUT2D eigenvalue weighted by Gasteiger charge is -2.58. The van der Waals surface area contributed by atoms with Gasteiger partial charge in [0.2, 0.25) is 0 Å². The summed E-state index contributed by atoms with van der Waals surface area (Å²) in [4.78, 5) is 41.6. The van der Waals surface area contributed by atoms with Crippen LogP contribution in [-0.2, 0) is 19.2 Å². The highest BCUT2D eigenvalue weighted by Gasteiger charge is 2.59. The third-order valence-electron chi connectivity index (χ3n) is 11.1. The molecule has 5 rings (SSSR count). The zero-order valence-electron chi connectivity index (χ0n) is 24.2. The number of carbonyl (C=O) groups excluding carboxylic acids is 2. The number of hydrogen-bond donors (Lipinski definition) is 2. The van der Waals surface area contributed by atoms with E-state index in [-0.39, 0.29) is 48.1 Å². The standard InChI is InChI=1S/C33H44N2O5/c1-21(36)27-11-12-28-26-10-9-24-18-25(13-15-32(24,2)29(26)14-16-33(27,28)3)35-40-20-30(37)34-19-23(17-31(38)39)22-7-5-4-6-8-22/h4-8,18,23,26-29H,9-17,19-20H2,1-3H3,(H,34,37)(H,38,39)/t23-,26-,27-,28+,29+,32-,33+/m0/s1. The van der Waals surface area contributed by atoms with Gasteiger partial charge in [-0.15, -0.1) is 0 Å². The Bertz CT molecular complexity index is 1190. The number of carboxylic acid groups (broad SMARTS) is 1. The van der Waals surface area contributed by atoms with Gasteiger partial charge >= 0.3 is 5.97 Å². The van der Waals surface area contributed by atoms with Gasteiger partial charge in [0.1, 0.15) is 5.78 Å². The molecule has 1 amide bonds. The minimum atomic E-state index is -0.900. The van der Waals surface area contributed by atoms with Gasteiger partial charge in [-0.2, -0.15) is 0 Å². The second-order valence-electron chi connectivity index (χ2n) is 13.2. The van der Waals surface area contributed by atoms with Crippen molar-refractivity contribution < 1.29 is 24.3 Å². The topological polar surface area (TPSA) is 105 Å². The van der Waals surface area contributed by atoms with Gasteiger partial charge in [-0.05, 0) is 98.5 Å². The molecule has 216 valence electrons. The number of fused-ring (bicyclic) bond motifs is 5. The summed E-state index contributed by atoms with van der Waals surface area (Å²) in [5.74, 6) is 1.13. The third kappa shape index (κ3) is 5.48. The molecule has 0 spiro atoms. The van der Waals surface area contributed by atoms with Crippen LogP contribution in [0.3, 0.4) is 0 Å².